The standard InChI is InChI=1S/C8H12N4O2/c1-4-10-7(12-9-2)5-6-11-8(13)14-3/h4-6H,1-2H2,3H3,(H,10,12)(H,11,13)/b6-5+. The maximum atomic E-state index is 10.6. The van der Waals surface area contributed by atoms with Crippen molar-refractivity contribution in [3.8, 4) is 0 Å². The minimum Gasteiger partial charge on any atom is -0.453 e. The molecule has 0 bridgehead atoms. The van der Waals surface area contributed by atoms with E-state index in [1.807, 2.05) is 0 Å². The molecular formula is C8H12N4O2. The third-order valence-corrected chi connectivity index (χ3v) is 1.05. The number of nitrogens with zero attached hydrogens (tertiary/aromatic N) is 2. The number of hydrogen-bond acceptors (Lipinski definition) is 4. The van der Waals surface area contributed by atoms with Crippen LogP contribution in [0.15, 0.2) is 35.1 Å². The summed E-state index contributed by atoms with van der Waals surface area (Å²) >= 11 is 0. The SMILES string of the molecule is C=C/N=C(\C=C\NC(=O)OC)NN=C. The normalized spacial score (nSPS) is 10.8. The quantitative estimate of drug-likeness (QED) is 0.393. The maximum absolute atomic E-state index is 10.6. The molecule has 0 heterocycles. The first-order valence-corrected chi connectivity index (χ1v) is 3.66. The topological polar surface area (TPSA) is 75.1 Å². The molecule has 0 atom stereocenters. The van der Waals surface area contributed by atoms with Crippen LogP contribution < -0.4 is 10.7 Å². The van der Waals surface area contributed by atoms with Gasteiger partial charge in [0.2, 0.25) is 0 Å². The van der Waals surface area contributed by atoms with Gasteiger partial charge in [0.25, 0.3) is 0 Å². The summed E-state index contributed by atoms with van der Waals surface area (Å²) in [4.78, 5) is 14.4. The van der Waals surface area contributed by atoms with Crippen LogP contribution in [0, 0.1) is 0 Å². The lowest BCUT2D eigenvalue weighted by atomic mass is 10.5. The van der Waals surface area contributed by atoms with Crippen molar-refractivity contribution < 1.29 is 9.53 Å². The predicted octanol–water partition coefficient (Wildman–Crippen LogP) is 0.603. The van der Waals surface area contributed by atoms with Crippen LogP contribution in [0.4, 0.5) is 4.79 Å². The lowest BCUT2D eigenvalue weighted by Gasteiger charge is -1.98. The van der Waals surface area contributed by atoms with Gasteiger partial charge in [0, 0.05) is 19.1 Å². The highest BCUT2D eigenvalue weighted by atomic mass is 16.5. The van der Waals surface area contributed by atoms with Crippen molar-refractivity contribution in [1.82, 2.24) is 10.7 Å². The van der Waals surface area contributed by atoms with E-state index in [1.54, 1.807) is 0 Å². The summed E-state index contributed by atoms with van der Waals surface area (Å²) in [6.07, 6.45) is 3.60. The molecule has 0 aromatic carbocycles. The fraction of sp³-hybridized carbons (Fsp3) is 0.125. The molecule has 0 rings (SSSR count). The Kier molecular flexibility index (Phi) is 6.40. The van der Waals surface area contributed by atoms with Crippen LogP contribution in [0.3, 0.4) is 0 Å². The number of methoxy groups -OCH3 is 1. The second-order valence-corrected chi connectivity index (χ2v) is 1.94. The van der Waals surface area contributed by atoms with Gasteiger partial charge in [-0.2, -0.15) is 5.10 Å². The molecule has 0 spiro atoms. The molecule has 0 radical (unpaired) electrons. The fourth-order valence-electron chi connectivity index (χ4n) is 0.536. The minimum absolute atomic E-state index is 0.395. The number of hydrogen-bond donors (Lipinski definition) is 2. The summed E-state index contributed by atoms with van der Waals surface area (Å²) in [5.74, 6) is 0.395. The van der Waals surface area contributed by atoms with E-state index in [0.29, 0.717) is 5.84 Å². The summed E-state index contributed by atoms with van der Waals surface area (Å²) < 4.78 is 4.33. The van der Waals surface area contributed by atoms with E-state index in [2.05, 4.69) is 38.9 Å². The number of nitrogens with one attached hydrogen (secondary N) is 2. The molecule has 0 aromatic heterocycles. The van der Waals surface area contributed by atoms with Crippen LogP contribution in [0.1, 0.15) is 0 Å². The van der Waals surface area contributed by atoms with Crippen LogP contribution >= 0.6 is 0 Å². The van der Waals surface area contributed by atoms with Crippen molar-refractivity contribution in [3.05, 3.63) is 25.1 Å². The van der Waals surface area contributed by atoms with Crippen molar-refractivity contribution in [2.75, 3.05) is 7.11 Å². The number of ether oxygens (including phenoxy) is 1. The van der Waals surface area contributed by atoms with Gasteiger partial charge in [-0.05, 0) is 6.08 Å². The van der Waals surface area contributed by atoms with Crippen LogP contribution in [0.5, 0.6) is 0 Å². The molecule has 1 amide bonds. The Hall–Kier alpha value is -2.11. The van der Waals surface area contributed by atoms with Crippen molar-refractivity contribution in [1.29, 1.82) is 0 Å². The van der Waals surface area contributed by atoms with E-state index in [-0.39, 0.29) is 0 Å². The number of rotatable bonds is 4. The first kappa shape index (κ1) is 11.9. The van der Waals surface area contributed by atoms with E-state index in [0.717, 1.165) is 0 Å². The Balaban J connectivity index is 4.15. The van der Waals surface area contributed by atoms with E-state index < -0.39 is 6.09 Å². The molecule has 6 nitrogen and oxygen atoms in total. The molecule has 76 valence electrons. The minimum atomic E-state index is -0.564. The van der Waals surface area contributed by atoms with Gasteiger partial charge in [0.1, 0.15) is 5.84 Å². The number of amidine groups is 1. The fourth-order valence-corrected chi connectivity index (χ4v) is 0.536. The maximum Gasteiger partial charge on any atom is 0.410 e. The molecular weight excluding hydrogens is 184 g/mol. The number of alkyl carbamates (subject to hydrolysis) is 1. The Bertz CT molecular complexity index is 271. The molecule has 0 aliphatic heterocycles. The predicted molar refractivity (Wildman–Crippen MR) is 55.0 cm³/mol. The van der Waals surface area contributed by atoms with Gasteiger partial charge < -0.3 is 4.74 Å². The highest BCUT2D eigenvalue weighted by Crippen LogP contribution is 1.80. The van der Waals surface area contributed by atoms with Crippen LogP contribution in [-0.2, 0) is 4.74 Å². The lowest BCUT2D eigenvalue weighted by molar-refractivity contribution is 0.175. The van der Waals surface area contributed by atoms with Gasteiger partial charge >= 0.3 is 6.09 Å². The Labute approximate surface area is 82.1 Å². The molecule has 0 aliphatic carbocycles. The zero-order valence-corrected chi connectivity index (χ0v) is 7.86. The zero-order chi connectivity index (χ0) is 10.8. The summed E-state index contributed by atoms with van der Waals surface area (Å²) in [5.41, 5.74) is 2.49. The number of carbonyl (C=O) groups is 1. The number of carbonyl (C=O) groups excluding carboxylic acids is 1. The molecule has 6 heteroatoms. The molecule has 0 unspecified atom stereocenters. The van der Waals surface area contributed by atoms with Gasteiger partial charge in [0.15, 0.2) is 0 Å². The third kappa shape index (κ3) is 5.53. The largest absolute Gasteiger partial charge is 0.453 e. The number of hydrazone groups is 1. The van der Waals surface area contributed by atoms with E-state index in [1.165, 1.54) is 25.6 Å². The van der Waals surface area contributed by atoms with Crippen molar-refractivity contribution in [2.24, 2.45) is 10.1 Å². The van der Waals surface area contributed by atoms with Gasteiger partial charge in [-0.1, -0.05) is 6.58 Å². The second kappa shape index (κ2) is 7.53. The zero-order valence-electron chi connectivity index (χ0n) is 7.86. The monoisotopic (exact) mass is 196 g/mol. The smallest absolute Gasteiger partial charge is 0.410 e. The van der Waals surface area contributed by atoms with Crippen LogP contribution in [0.2, 0.25) is 0 Å². The lowest BCUT2D eigenvalue weighted by Crippen LogP contribution is -2.19. The molecule has 0 aliphatic rings. The Morgan fingerprint density at radius 2 is 2.29 bits per heavy atom. The summed E-state index contributed by atoms with van der Waals surface area (Å²) in [7, 11) is 1.27. The first-order chi connectivity index (χ1) is 6.74. The molecule has 2 N–H and O–H groups in total. The van der Waals surface area contributed by atoms with Gasteiger partial charge in [0.05, 0.1) is 7.11 Å². The summed E-state index contributed by atoms with van der Waals surface area (Å²) in [6, 6.07) is 0. The molecule has 0 aromatic rings. The molecule has 14 heavy (non-hydrogen) atoms. The number of amides is 1. The van der Waals surface area contributed by atoms with Crippen molar-refractivity contribution in [2.45, 2.75) is 0 Å². The Morgan fingerprint density at radius 1 is 1.57 bits per heavy atom. The Morgan fingerprint density at radius 3 is 2.79 bits per heavy atom. The summed E-state index contributed by atoms with van der Waals surface area (Å²) in [6.45, 7) is 6.63. The average molecular weight is 196 g/mol. The highest BCUT2D eigenvalue weighted by molar-refractivity contribution is 5.93. The van der Waals surface area contributed by atoms with Crippen molar-refractivity contribution >= 4 is 18.6 Å². The second-order valence-electron chi connectivity index (χ2n) is 1.94. The average Bonchev–Trinajstić information content (AvgIpc) is 2.18. The van der Waals surface area contributed by atoms with Crippen molar-refractivity contribution in [3.63, 3.8) is 0 Å². The molecule has 0 saturated carbocycles. The van der Waals surface area contributed by atoms with E-state index >= 15 is 0 Å². The molecule has 0 saturated heterocycles. The van der Waals surface area contributed by atoms with E-state index in [4.69, 9.17) is 0 Å². The highest BCUT2D eigenvalue weighted by Gasteiger charge is 1.92. The molecule has 0 fully saturated rings. The van der Waals surface area contributed by atoms with Gasteiger partial charge in [-0.3, -0.25) is 10.7 Å². The van der Waals surface area contributed by atoms with E-state index in [9.17, 15) is 4.79 Å². The van der Waals surface area contributed by atoms with Gasteiger partial charge in [-0.15, -0.1) is 0 Å². The summed E-state index contributed by atoms with van der Waals surface area (Å²) in [5, 5.41) is 5.72. The van der Waals surface area contributed by atoms with Gasteiger partial charge in [-0.25, -0.2) is 9.79 Å². The number of aliphatic imine (C=N–C) groups is 1. The van der Waals surface area contributed by atoms with Crippen LogP contribution in [-0.4, -0.2) is 25.8 Å². The van der Waals surface area contributed by atoms with Crippen LogP contribution in [0.25, 0.3) is 0 Å². The third-order valence-electron chi connectivity index (χ3n) is 1.05. The first-order valence-electron chi connectivity index (χ1n) is 3.66.